The van der Waals surface area contributed by atoms with Crippen molar-refractivity contribution in [3.8, 4) is 5.75 Å². The van der Waals surface area contributed by atoms with Gasteiger partial charge in [0.25, 0.3) is 0 Å². The molecule has 0 fully saturated rings. The van der Waals surface area contributed by atoms with Gasteiger partial charge in [-0.15, -0.1) is 0 Å². The van der Waals surface area contributed by atoms with Gasteiger partial charge in [0, 0.05) is 11.1 Å². The van der Waals surface area contributed by atoms with Crippen LogP contribution in [0.25, 0.3) is 11.3 Å². The zero-order valence-corrected chi connectivity index (χ0v) is 12.5. The van der Waals surface area contributed by atoms with Gasteiger partial charge in [0.2, 0.25) is 0 Å². The molecule has 0 bridgehead atoms. The summed E-state index contributed by atoms with van der Waals surface area (Å²) in [5, 5.41) is 10.8. The lowest BCUT2D eigenvalue weighted by Gasteiger charge is -2.12. The van der Waals surface area contributed by atoms with Crippen LogP contribution in [0.5, 0.6) is 5.75 Å². The maximum atomic E-state index is 10.8. The minimum atomic E-state index is 0.416. The first kappa shape index (κ1) is 13.7. The molecular weight excluding hydrogens is 260 g/mol. The first-order chi connectivity index (χ1) is 10.2. The highest BCUT2D eigenvalue weighted by Crippen LogP contribution is 2.36. The molecule has 0 aliphatic heterocycles. The van der Waals surface area contributed by atoms with Crippen molar-refractivity contribution in [2.45, 2.75) is 26.2 Å². The molecule has 0 atom stereocenters. The van der Waals surface area contributed by atoms with Gasteiger partial charge < -0.3 is 9.84 Å². The number of methoxy groups -OCH3 is 1. The summed E-state index contributed by atoms with van der Waals surface area (Å²) in [5.74, 6) is 1.26. The number of aryl methyl sites for hydroxylation is 2. The van der Waals surface area contributed by atoms with E-state index in [1.807, 2.05) is 30.3 Å². The van der Waals surface area contributed by atoms with E-state index in [4.69, 9.17) is 4.74 Å². The van der Waals surface area contributed by atoms with E-state index < -0.39 is 0 Å². The predicted octanol–water partition coefficient (Wildman–Crippen LogP) is 4.77. The summed E-state index contributed by atoms with van der Waals surface area (Å²) in [6.45, 7) is 2.09. The number of ether oxygens (including phenoxy) is 1. The second-order valence-corrected chi connectivity index (χ2v) is 5.52. The van der Waals surface area contributed by atoms with Crippen LogP contribution >= 0.6 is 0 Å². The lowest BCUT2D eigenvalue weighted by atomic mass is 9.95. The smallest absolute Gasteiger partial charge is 0.126 e. The highest BCUT2D eigenvalue weighted by molar-refractivity contribution is 5.89. The van der Waals surface area contributed by atoms with E-state index in [1.54, 1.807) is 7.11 Å². The van der Waals surface area contributed by atoms with Crippen LogP contribution in [-0.4, -0.2) is 12.2 Å². The largest absolute Gasteiger partial charge is 0.507 e. The van der Waals surface area contributed by atoms with Crippen molar-refractivity contribution >= 4 is 11.3 Å². The van der Waals surface area contributed by atoms with Crippen LogP contribution < -0.4 is 4.74 Å². The number of fused-ring (bicyclic) bond motifs is 1. The summed E-state index contributed by atoms with van der Waals surface area (Å²) in [7, 11) is 1.67. The van der Waals surface area contributed by atoms with E-state index in [2.05, 4.69) is 19.1 Å². The quantitative estimate of drug-likeness (QED) is 0.859. The summed E-state index contributed by atoms with van der Waals surface area (Å²) >= 11 is 0. The van der Waals surface area contributed by atoms with Gasteiger partial charge in [0.05, 0.1) is 7.11 Å². The van der Waals surface area contributed by atoms with E-state index in [0.717, 1.165) is 47.3 Å². The number of rotatable bonds is 2. The fraction of sp³-hybridized carbons (Fsp3) is 0.263. The highest BCUT2D eigenvalue weighted by atomic mass is 16.5. The Morgan fingerprint density at radius 3 is 2.57 bits per heavy atom. The molecule has 0 amide bonds. The number of aliphatic hydroxyl groups is 1. The third kappa shape index (κ3) is 2.54. The SMILES string of the molecule is COc1ccc2c(c1)CCCC(c1ccccc1C)=C2O. The normalized spacial score (nSPS) is 14.6. The van der Waals surface area contributed by atoms with Gasteiger partial charge in [-0.25, -0.2) is 0 Å². The first-order valence-corrected chi connectivity index (χ1v) is 7.36. The standard InChI is InChI=1S/C19H20O2/c1-13-6-3-4-8-16(13)18-9-5-7-14-12-15(21-2)10-11-17(14)19(18)20/h3-4,6,8,10-12,20H,5,7,9H2,1-2H3. The van der Waals surface area contributed by atoms with Gasteiger partial charge in [0.15, 0.2) is 0 Å². The Morgan fingerprint density at radius 2 is 1.81 bits per heavy atom. The molecule has 2 aromatic carbocycles. The Morgan fingerprint density at radius 1 is 1.00 bits per heavy atom. The van der Waals surface area contributed by atoms with E-state index in [-0.39, 0.29) is 0 Å². The van der Waals surface area contributed by atoms with Crippen molar-refractivity contribution in [3.05, 3.63) is 64.7 Å². The molecule has 0 saturated heterocycles. The molecule has 3 rings (SSSR count). The van der Waals surface area contributed by atoms with Crippen LogP contribution in [-0.2, 0) is 6.42 Å². The van der Waals surface area contributed by atoms with Gasteiger partial charge in [-0.1, -0.05) is 24.3 Å². The van der Waals surface area contributed by atoms with Gasteiger partial charge >= 0.3 is 0 Å². The number of hydrogen-bond acceptors (Lipinski definition) is 2. The molecule has 1 aliphatic rings. The van der Waals surface area contributed by atoms with Crippen molar-refractivity contribution in [1.82, 2.24) is 0 Å². The van der Waals surface area contributed by atoms with Crippen LogP contribution in [0, 0.1) is 6.92 Å². The summed E-state index contributed by atoms with van der Waals surface area (Å²) in [6, 6.07) is 14.2. The van der Waals surface area contributed by atoms with E-state index in [9.17, 15) is 5.11 Å². The Hall–Kier alpha value is -2.22. The fourth-order valence-corrected chi connectivity index (χ4v) is 3.05. The van der Waals surface area contributed by atoms with Crippen LogP contribution in [0.4, 0.5) is 0 Å². The third-order valence-electron chi connectivity index (χ3n) is 4.20. The third-order valence-corrected chi connectivity index (χ3v) is 4.20. The second-order valence-electron chi connectivity index (χ2n) is 5.52. The van der Waals surface area contributed by atoms with Crippen molar-refractivity contribution in [2.75, 3.05) is 7.11 Å². The lowest BCUT2D eigenvalue weighted by Crippen LogP contribution is -1.95. The summed E-state index contributed by atoms with van der Waals surface area (Å²) in [6.07, 6.45) is 2.90. The molecule has 2 aromatic rings. The summed E-state index contributed by atoms with van der Waals surface area (Å²) < 4.78 is 5.29. The van der Waals surface area contributed by atoms with Crippen LogP contribution in [0.1, 0.15) is 35.1 Å². The number of aliphatic hydroxyl groups excluding tert-OH is 1. The fourth-order valence-electron chi connectivity index (χ4n) is 3.05. The van der Waals surface area contributed by atoms with Crippen molar-refractivity contribution in [3.63, 3.8) is 0 Å². The molecule has 2 nitrogen and oxygen atoms in total. The molecular formula is C19H20O2. The summed E-state index contributed by atoms with van der Waals surface area (Å²) in [5.41, 5.74) is 5.51. The van der Waals surface area contributed by atoms with E-state index in [1.165, 1.54) is 5.56 Å². The molecule has 1 aliphatic carbocycles. The molecule has 108 valence electrons. The molecule has 2 heteroatoms. The van der Waals surface area contributed by atoms with Crippen molar-refractivity contribution in [2.24, 2.45) is 0 Å². The Balaban J connectivity index is 2.15. The first-order valence-electron chi connectivity index (χ1n) is 7.36. The topological polar surface area (TPSA) is 29.5 Å². The van der Waals surface area contributed by atoms with Gasteiger partial charge in [-0.3, -0.25) is 0 Å². The monoisotopic (exact) mass is 280 g/mol. The number of benzene rings is 2. The average molecular weight is 280 g/mol. The van der Waals surface area contributed by atoms with Crippen molar-refractivity contribution in [1.29, 1.82) is 0 Å². The van der Waals surface area contributed by atoms with Crippen LogP contribution in [0.3, 0.4) is 0 Å². The Labute approximate surface area is 125 Å². The van der Waals surface area contributed by atoms with Crippen LogP contribution in [0.15, 0.2) is 42.5 Å². The molecule has 0 heterocycles. The molecule has 0 unspecified atom stereocenters. The molecule has 0 radical (unpaired) electrons. The number of allylic oxidation sites excluding steroid dienone is 1. The highest BCUT2D eigenvalue weighted by Gasteiger charge is 2.19. The summed E-state index contributed by atoms with van der Waals surface area (Å²) in [4.78, 5) is 0. The molecule has 21 heavy (non-hydrogen) atoms. The zero-order chi connectivity index (χ0) is 14.8. The number of hydrogen-bond donors (Lipinski definition) is 1. The molecule has 1 N–H and O–H groups in total. The second kappa shape index (κ2) is 5.65. The predicted molar refractivity (Wildman–Crippen MR) is 86.6 cm³/mol. The maximum absolute atomic E-state index is 10.8. The minimum Gasteiger partial charge on any atom is -0.507 e. The van der Waals surface area contributed by atoms with E-state index in [0.29, 0.717) is 5.76 Å². The van der Waals surface area contributed by atoms with E-state index >= 15 is 0 Å². The minimum absolute atomic E-state index is 0.416. The lowest BCUT2D eigenvalue weighted by molar-refractivity contribution is 0.414. The molecule has 0 spiro atoms. The van der Waals surface area contributed by atoms with Crippen molar-refractivity contribution < 1.29 is 9.84 Å². The van der Waals surface area contributed by atoms with Crippen LogP contribution in [0.2, 0.25) is 0 Å². The molecule has 0 saturated carbocycles. The van der Waals surface area contributed by atoms with Gasteiger partial charge in [-0.05, 0) is 61.1 Å². The Bertz CT molecular complexity index is 698. The Kier molecular flexibility index (Phi) is 3.70. The molecule has 0 aromatic heterocycles. The zero-order valence-electron chi connectivity index (χ0n) is 12.5. The van der Waals surface area contributed by atoms with Gasteiger partial charge in [0.1, 0.15) is 11.5 Å². The maximum Gasteiger partial charge on any atom is 0.126 e. The average Bonchev–Trinajstić information content (AvgIpc) is 2.67. The van der Waals surface area contributed by atoms with Gasteiger partial charge in [-0.2, -0.15) is 0 Å².